The summed E-state index contributed by atoms with van der Waals surface area (Å²) in [6, 6.07) is 15.7. The number of amides is 1. The topological polar surface area (TPSA) is 71.3 Å². The van der Waals surface area contributed by atoms with Gasteiger partial charge in [-0.2, -0.15) is 14.0 Å². The number of benzene rings is 2. The number of nitriles is 1. The number of halogens is 2. The summed E-state index contributed by atoms with van der Waals surface area (Å²) in [6.07, 6.45) is 2.01. The van der Waals surface area contributed by atoms with Crippen LogP contribution < -0.4 is 14.8 Å². The zero-order valence-corrected chi connectivity index (χ0v) is 15.3. The first-order valence-electron chi connectivity index (χ1n) is 8.69. The summed E-state index contributed by atoms with van der Waals surface area (Å²) in [4.78, 5) is 12.2. The van der Waals surface area contributed by atoms with Crippen LogP contribution in [0.4, 0.5) is 8.78 Å². The van der Waals surface area contributed by atoms with Gasteiger partial charge in [-0.3, -0.25) is 4.79 Å². The van der Waals surface area contributed by atoms with Crippen LogP contribution in [0, 0.1) is 11.3 Å². The van der Waals surface area contributed by atoms with Crippen molar-refractivity contribution in [2.24, 2.45) is 0 Å². The summed E-state index contributed by atoms with van der Waals surface area (Å²) in [6.45, 7) is -0.647. The first kappa shape index (κ1) is 20.9. The molecule has 5 nitrogen and oxygen atoms in total. The van der Waals surface area contributed by atoms with Gasteiger partial charge in [0.25, 0.3) is 5.91 Å². The van der Waals surface area contributed by atoms with E-state index in [9.17, 15) is 18.8 Å². The van der Waals surface area contributed by atoms with Crippen LogP contribution in [0.25, 0.3) is 6.08 Å². The molecule has 0 saturated carbocycles. The monoisotopic (exact) mass is 386 g/mol. The third-order valence-corrected chi connectivity index (χ3v) is 3.70. The average molecular weight is 386 g/mol. The van der Waals surface area contributed by atoms with E-state index in [0.29, 0.717) is 18.5 Å². The number of hydrogen-bond donors (Lipinski definition) is 1. The number of ether oxygens (including phenoxy) is 2. The highest BCUT2D eigenvalue weighted by Gasteiger charge is 2.13. The van der Waals surface area contributed by atoms with Gasteiger partial charge in [-0.15, -0.1) is 0 Å². The minimum Gasteiger partial charge on any atom is -0.490 e. The quantitative estimate of drug-likeness (QED) is 0.523. The molecule has 0 aromatic heterocycles. The molecule has 2 aromatic carbocycles. The number of carbonyl (C=O) groups excluding carboxylic acids is 1. The molecular formula is C21H20F2N2O3. The van der Waals surface area contributed by atoms with Gasteiger partial charge in [-0.25, -0.2) is 0 Å². The van der Waals surface area contributed by atoms with E-state index in [4.69, 9.17) is 4.74 Å². The Morgan fingerprint density at radius 3 is 2.61 bits per heavy atom. The average Bonchev–Trinajstić information content (AvgIpc) is 2.68. The van der Waals surface area contributed by atoms with Crippen molar-refractivity contribution in [2.75, 3.05) is 13.2 Å². The number of rotatable bonds is 9. The minimum absolute atomic E-state index is 0.0990. The Labute approximate surface area is 162 Å². The standard InChI is InChI=1S/C21H20F2N2O3/c1-2-27-19-13-16(8-9-18(19)28-21(22)23)12-17(14-24)20(26)25-11-10-15-6-4-3-5-7-15/h3-9,12-13,21H,2,10-11H2,1H3,(H,25,26)/b17-12+. The molecule has 0 atom stereocenters. The minimum atomic E-state index is -2.98. The smallest absolute Gasteiger partial charge is 0.387 e. The number of hydrogen-bond acceptors (Lipinski definition) is 4. The second kappa shape index (κ2) is 10.7. The lowest BCUT2D eigenvalue weighted by Gasteiger charge is -2.12. The van der Waals surface area contributed by atoms with Gasteiger partial charge in [-0.05, 0) is 42.7 Å². The van der Waals surface area contributed by atoms with Crippen molar-refractivity contribution in [2.45, 2.75) is 20.0 Å². The molecule has 2 rings (SSSR count). The van der Waals surface area contributed by atoms with Crippen molar-refractivity contribution in [3.8, 4) is 17.6 Å². The van der Waals surface area contributed by atoms with Crippen molar-refractivity contribution < 1.29 is 23.0 Å². The molecule has 0 aliphatic carbocycles. The fourth-order valence-corrected chi connectivity index (χ4v) is 2.45. The normalized spacial score (nSPS) is 11.0. The van der Waals surface area contributed by atoms with Crippen LogP contribution in [-0.2, 0) is 11.2 Å². The number of carbonyl (C=O) groups is 1. The summed E-state index contributed by atoms with van der Waals surface area (Å²) < 4.78 is 34.6. The van der Waals surface area contributed by atoms with Gasteiger partial charge in [0.2, 0.25) is 0 Å². The van der Waals surface area contributed by atoms with E-state index in [1.54, 1.807) is 6.92 Å². The zero-order chi connectivity index (χ0) is 20.4. The molecule has 0 aliphatic heterocycles. The first-order valence-corrected chi connectivity index (χ1v) is 8.69. The summed E-state index contributed by atoms with van der Waals surface area (Å²) in [7, 11) is 0. The Balaban J connectivity index is 2.08. The molecule has 0 fully saturated rings. The highest BCUT2D eigenvalue weighted by atomic mass is 19.3. The molecule has 0 radical (unpaired) electrons. The SMILES string of the molecule is CCOc1cc(/C=C(\C#N)C(=O)NCCc2ccccc2)ccc1OC(F)F. The maximum atomic E-state index is 12.5. The van der Waals surface area contributed by atoms with Crippen molar-refractivity contribution >= 4 is 12.0 Å². The molecule has 0 spiro atoms. The van der Waals surface area contributed by atoms with E-state index in [1.165, 1.54) is 24.3 Å². The molecule has 0 bridgehead atoms. The van der Waals surface area contributed by atoms with Gasteiger partial charge in [-0.1, -0.05) is 36.4 Å². The van der Waals surface area contributed by atoms with E-state index >= 15 is 0 Å². The van der Waals surface area contributed by atoms with Crippen LogP contribution in [0.2, 0.25) is 0 Å². The van der Waals surface area contributed by atoms with Gasteiger partial charge >= 0.3 is 6.61 Å². The van der Waals surface area contributed by atoms with Crippen LogP contribution in [0.1, 0.15) is 18.1 Å². The summed E-state index contributed by atoms with van der Waals surface area (Å²) in [5.74, 6) is -0.512. The molecule has 1 amide bonds. The Morgan fingerprint density at radius 1 is 1.21 bits per heavy atom. The maximum absolute atomic E-state index is 12.5. The van der Waals surface area contributed by atoms with Crippen LogP contribution in [0.15, 0.2) is 54.1 Å². The largest absolute Gasteiger partial charge is 0.490 e. The number of alkyl halides is 2. The molecule has 28 heavy (non-hydrogen) atoms. The summed E-state index contributed by atoms with van der Waals surface area (Å²) >= 11 is 0. The fraction of sp³-hybridized carbons (Fsp3) is 0.238. The second-order valence-corrected chi connectivity index (χ2v) is 5.68. The Bertz CT molecular complexity index is 862. The van der Waals surface area contributed by atoms with Crippen LogP contribution in [-0.4, -0.2) is 25.7 Å². The molecule has 0 aliphatic rings. The molecule has 7 heteroatoms. The molecule has 0 unspecified atom stereocenters. The van der Waals surface area contributed by atoms with Gasteiger partial charge in [0.15, 0.2) is 11.5 Å². The van der Waals surface area contributed by atoms with Crippen molar-refractivity contribution in [3.05, 3.63) is 65.2 Å². The first-order chi connectivity index (χ1) is 13.5. The predicted molar refractivity (Wildman–Crippen MR) is 101 cm³/mol. The number of nitrogens with zero attached hydrogens (tertiary/aromatic N) is 1. The zero-order valence-electron chi connectivity index (χ0n) is 15.3. The molecular weight excluding hydrogens is 366 g/mol. The lowest BCUT2D eigenvalue weighted by molar-refractivity contribution is -0.117. The van der Waals surface area contributed by atoms with E-state index in [0.717, 1.165) is 5.56 Å². The van der Waals surface area contributed by atoms with Crippen LogP contribution in [0.5, 0.6) is 11.5 Å². The highest BCUT2D eigenvalue weighted by molar-refractivity contribution is 6.01. The molecule has 146 valence electrons. The van der Waals surface area contributed by atoms with Crippen molar-refractivity contribution in [3.63, 3.8) is 0 Å². The third-order valence-electron chi connectivity index (χ3n) is 3.70. The highest BCUT2D eigenvalue weighted by Crippen LogP contribution is 2.30. The summed E-state index contributed by atoms with van der Waals surface area (Å²) in [5.41, 5.74) is 1.43. The lowest BCUT2D eigenvalue weighted by Crippen LogP contribution is -2.26. The third kappa shape index (κ3) is 6.40. The van der Waals surface area contributed by atoms with Gasteiger partial charge in [0, 0.05) is 6.54 Å². The predicted octanol–water partition coefficient (Wildman–Crippen LogP) is 3.95. The van der Waals surface area contributed by atoms with Gasteiger partial charge < -0.3 is 14.8 Å². The molecule has 0 heterocycles. The Kier molecular flexibility index (Phi) is 7.97. The Morgan fingerprint density at radius 2 is 1.96 bits per heavy atom. The van der Waals surface area contributed by atoms with Gasteiger partial charge in [0.05, 0.1) is 6.61 Å². The lowest BCUT2D eigenvalue weighted by atomic mass is 10.1. The molecule has 0 saturated heterocycles. The summed E-state index contributed by atoms with van der Waals surface area (Å²) in [5, 5.41) is 12.0. The van der Waals surface area contributed by atoms with Crippen LogP contribution in [0.3, 0.4) is 0 Å². The Hall–Kier alpha value is -3.40. The second-order valence-electron chi connectivity index (χ2n) is 5.68. The van der Waals surface area contributed by atoms with E-state index in [1.807, 2.05) is 36.4 Å². The molecule has 1 N–H and O–H groups in total. The van der Waals surface area contributed by atoms with Crippen LogP contribution >= 0.6 is 0 Å². The van der Waals surface area contributed by atoms with E-state index in [-0.39, 0.29) is 23.7 Å². The van der Waals surface area contributed by atoms with Crippen molar-refractivity contribution in [1.29, 1.82) is 5.26 Å². The van der Waals surface area contributed by atoms with Crippen molar-refractivity contribution in [1.82, 2.24) is 5.32 Å². The molecule has 2 aromatic rings. The number of nitrogens with one attached hydrogen (secondary N) is 1. The van der Waals surface area contributed by atoms with E-state index < -0.39 is 12.5 Å². The maximum Gasteiger partial charge on any atom is 0.387 e. The van der Waals surface area contributed by atoms with Gasteiger partial charge in [0.1, 0.15) is 11.6 Å². The van der Waals surface area contributed by atoms with E-state index in [2.05, 4.69) is 10.1 Å². The fourth-order valence-electron chi connectivity index (χ4n) is 2.45.